The third-order valence-corrected chi connectivity index (χ3v) is 3.29. The zero-order valence-electron chi connectivity index (χ0n) is 10.2. The van der Waals surface area contributed by atoms with Gasteiger partial charge in [0.1, 0.15) is 5.82 Å². The van der Waals surface area contributed by atoms with E-state index >= 15 is 0 Å². The number of nitrogens with zero attached hydrogens (tertiary/aromatic N) is 1. The molecule has 0 spiro atoms. The van der Waals surface area contributed by atoms with Crippen LogP contribution in [0.15, 0.2) is 18.2 Å². The SMILES string of the molecule is CCc1cccc(F)c1CN1CC[C@H](N)C1.Cl. The van der Waals surface area contributed by atoms with E-state index in [1.165, 1.54) is 0 Å². The van der Waals surface area contributed by atoms with Crippen molar-refractivity contribution in [3.63, 3.8) is 0 Å². The molecule has 0 bridgehead atoms. The van der Waals surface area contributed by atoms with Gasteiger partial charge in [-0.2, -0.15) is 0 Å². The summed E-state index contributed by atoms with van der Waals surface area (Å²) in [5, 5.41) is 0. The summed E-state index contributed by atoms with van der Waals surface area (Å²) in [4.78, 5) is 2.24. The van der Waals surface area contributed by atoms with E-state index in [0.717, 1.165) is 37.1 Å². The van der Waals surface area contributed by atoms with Gasteiger partial charge in [0, 0.05) is 31.2 Å². The minimum Gasteiger partial charge on any atom is -0.326 e. The van der Waals surface area contributed by atoms with Crippen molar-refractivity contribution >= 4 is 12.4 Å². The first-order valence-electron chi connectivity index (χ1n) is 5.95. The number of hydrogen-bond donors (Lipinski definition) is 1. The Morgan fingerprint density at radius 1 is 1.47 bits per heavy atom. The molecule has 0 unspecified atom stereocenters. The third kappa shape index (κ3) is 3.41. The van der Waals surface area contributed by atoms with Gasteiger partial charge in [-0.1, -0.05) is 19.1 Å². The summed E-state index contributed by atoms with van der Waals surface area (Å²) < 4.78 is 13.7. The van der Waals surface area contributed by atoms with E-state index in [1.807, 2.05) is 6.07 Å². The first-order valence-corrected chi connectivity index (χ1v) is 5.95. The number of nitrogens with two attached hydrogens (primary N) is 1. The van der Waals surface area contributed by atoms with Crippen molar-refractivity contribution in [3.8, 4) is 0 Å². The minimum atomic E-state index is -0.0835. The van der Waals surface area contributed by atoms with Crippen LogP contribution >= 0.6 is 12.4 Å². The van der Waals surface area contributed by atoms with Gasteiger partial charge in [-0.25, -0.2) is 4.39 Å². The number of halogens is 2. The number of hydrogen-bond acceptors (Lipinski definition) is 2. The van der Waals surface area contributed by atoms with E-state index in [4.69, 9.17) is 5.73 Å². The molecule has 1 heterocycles. The van der Waals surface area contributed by atoms with E-state index < -0.39 is 0 Å². The van der Waals surface area contributed by atoms with Gasteiger partial charge in [0.05, 0.1) is 0 Å². The molecule has 0 amide bonds. The summed E-state index contributed by atoms with van der Waals surface area (Å²) in [5.74, 6) is -0.0835. The fraction of sp³-hybridized carbons (Fsp3) is 0.538. The van der Waals surface area contributed by atoms with Crippen LogP contribution in [-0.4, -0.2) is 24.0 Å². The molecule has 17 heavy (non-hydrogen) atoms. The van der Waals surface area contributed by atoms with Gasteiger partial charge in [-0.05, 0) is 24.5 Å². The molecule has 1 fully saturated rings. The van der Waals surface area contributed by atoms with Gasteiger partial charge in [0.15, 0.2) is 0 Å². The monoisotopic (exact) mass is 258 g/mol. The molecule has 1 aliphatic rings. The largest absolute Gasteiger partial charge is 0.326 e. The first kappa shape index (κ1) is 14.4. The molecule has 2 N–H and O–H groups in total. The Balaban J connectivity index is 0.00000144. The molecule has 0 aliphatic carbocycles. The normalized spacial score (nSPS) is 20.3. The van der Waals surface area contributed by atoms with Crippen LogP contribution in [0.3, 0.4) is 0 Å². The highest BCUT2D eigenvalue weighted by Gasteiger charge is 2.20. The van der Waals surface area contributed by atoms with Crippen LogP contribution in [0.2, 0.25) is 0 Å². The average Bonchev–Trinajstić information content (AvgIpc) is 2.67. The highest BCUT2D eigenvalue weighted by Crippen LogP contribution is 2.19. The van der Waals surface area contributed by atoms with Crippen molar-refractivity contribution in [2.45, 2.75) is 32.4 Å². The maximum Gasteiger partial charge on any atom is 0.127 e. The van der Waals surface area contributed by atoms with Gasteiger partial charge in [-0.15, -0.1) is 12.4 Å². The smallest absolute Gasteiger partial charge is 0.127 e. The molecule has 0 saturated carbocycles. The van der Waals surface area contributed by atoms with Crippen LogP contribution in [-0.2, 0) is 13.0 Å². The van der Waals surface area contributed by atoms with Crippen LogP contribution in [0.1, 0.15) is 24.5 Å². The highest BCUT2D eigenvalue weighted by atomic mass is 35.5. The Labute approximate surface area is 108 Å². The molecule has 1 aromatic rings. The number of benzene rings is 1. The summed E-state index contributed by atoms with van der Waals surface area (Å²) in [6, 6.07) is 5.60. The van der Waals surface area contributed by atoms with Crippen molar-refractivity contribution in [3.05, 3.63) is 35.1 Å². The second-order valence-corrected chi connectivity index (χ2v) is 4.51. The highest BCUT2D eigenvalue weighted by molar-refractivity contribution is 5.85. The van der Waals surface area contributed by atoms with Gasteiger partial charge in [-0.3, -0.25) is 4.90 Å². The quantitative estimate of drug-likeness (QED) is 0.902. The lowest BCUT2D eigenvalue weighted by atomic mass is 10.0. The van der Waals surface area contributed by atoms with Crippen LogP contribution in [0.25, 0.3) is 0 Å². The van der Waals surface area contributed by atoms with Gasteiger partial charge in [0.25, 0.3) is 0 Å². The summed E-state index contributed by atoms with van der Waals surface area (Å²) in [7, 11) is 0. The lowest BCUT2D eigenvalue weighted by molar-refractivity contribution is 0.320. The molecule has 2 nitrogen and oxygen atoms in total. The van der Waals surface area contributed by atoms with Crippen molar-refractivity contribution in [2.24, 2.45) is 5.73 Å². The summed E-state index contributed by atoms with van der Waals surface area (Å²) >= 11 is 0. The molecular formula is C13H20ClFN2. The summed E-state index contributed by atoms with van der Waals surface area (Å²) in [5.41, 5.74) is 7.81. The van der Waals surface area contributed by atoms with Crippen molar-refractivity contribution < 1.29 is 4.39 Å². The first-order chi connectivity index (χ1) is 7.70. The Morgan fingerprint density at radius 2 is 2.24 bits per heavy atom. The molecule has 2 rings (SSSR count). The topological polar surface area (TPSA) is 29.3 Å². The predicted molar refractivity (Wildman–Crippen MR) is 70.9 cm³/mol. The molecular weight excluding hydrogens is 239 g/mol. The molecule has 1 atom stereocenters. The lowest BCUT2D eigenvalue weighted by Crippen LogP contribution is -2.26. The number of rotatable bonds is 3. The van der Waals surface area contributed by atoms with Crippen LogP contribution in [0, 0.1) is 5.82 Å². The maximum absolute atomic E-state index is 13.7. The van der Waals surface area contributed by atoms with Gasteiger partial charge in [0.2, 0.25) is 0 Å². The second-order valence-electron chi connectivity index (χ2n) is 4.51. The van der Waals surface area contributed by atoms with Crippen LogP contribution < -0.4 is 5.73 Å². The van der Waals surface area contributed by atoms with E-state index in [2.05, 4.69) is 11.8 Å². The number of likely N-dealkylation sites (tertiary alicyclic amines) is 1. The van der Waals surface area contributed by atoms with E-state index in [-0.39, 0.29) is 24.3 Å². The Morgan fingerprint density at radius 3 is 2.82 bits per heavy atom. The molecule has 96 valence electrons. The summed E-state index contributed by atoms with van der Waals surface area (Å²) in [6.07, 6.45) is 1.91. The molecule has 1 aliphatic heterocycles. The standard InChI is InChI=1S/C13H19FN2.ClH/c1-2-10-4-3-5-13(14)12(10)9-16-7-6-11(15)8-16;/h3-5,11H,2,6-9,15H2,1H3;1H/t11-;/m0./s1. The maximum atomic E-state index is 13.7. The predicted octanol–water partition coefficient (Wildman–Crippen LogP) is 2.34. The third-order valence-electron chi connectivity index (χ3n) is 3.29. The van der Waals surface area contributed by atoms with Crippen molar-refractivity contribution in [1.82, 2.24) is 4.90 Å². The molecule has 1 aromatic carbocycles. The van der Waals surface area contributed by atoms with Crippen molar-refractivity contribution in [2.75, 3.05) is 13.1 Å². The van der Waals surface area contributed by atoms with Crippen LogP contribution in [0.4, 0.5) is 4.39 Å². The van der Waals surface area contributed by atoms with E-state index in [1.54, 1.807) is 12.1 Å². The zero-order valence-corrected chi connectivity index (χ0v) is 11.0. The minimum absolute atomic E-state index is 0. The lowest BCUT2D eigenvalue weighted by Gasteiger charge is -2.18. The average molecular weight is 259 g/mol. The second kappa shape index (κ2) is 6.34. The Bertz CT molecular complexity index is 370. The molecule has 0 aromatic heterocycles. The molecule has 4 heteroatoms. The zero-order chi connectivity index (χ0) is 11.5. The Hall–Kier alpha value is -0.640. The van der Waals surface area contributed by atoms with E-state index in [0.29, 0.717) is 6.54 Å². The fourth-order valence-corrected chi connectivity index (χ4v) is 2.34. The van der Waals surface area contributed by atoms with E-state index in [9.17, 15) is 4.39 Å². The van der Waals surface area contributed by atoms with Crippen LogP contribution in [0.5, 0.6) is 0 Å². The molecule has 0 radical (unpaired) electrons. The fourth-order valence-electron chi connectivity index (χ4n) is 2.34. The van der Waals surface area contributed by atoms with Gasteiger partial charge < -0.3 is 5.73 Å². The molecule has 1 saturated heterocycles. The van der Waals surface area contributed by atoms with Gasteiger partial charge >= 0.3 is 0 Å². The Kier molecular flexibility index (Phi) is 5.37. The summed E-state index contributed by atoms with van der Waals surface area (Å²) in [6.45, 7) is 4.63. The van der Waals surface area contributed by atoms with Crippen molar-refractivity contribution in [1.29, 1.82) is 0 Å². The number of aryl methyl sites for hydroxylation is 1.